The van der Waals surface area contributed by atoms with Crippen molar-refractivity contribution < 1.29 is 4.79 Å². The van der Waals surface area contributed by atoms with Crippen molar-refractivity contribution in [1.82, 2.24) is 9.80 Å². The molecule has 126 valence electrons. The van der Waals surface area contributed by atoms with E-state index in [4.69, 9.17) is 0 Å². The molecule has 24 heavy (non-hydrogen) atoms. The van der Waals surface area contributed by atoms with Gasteiger partial charge in [0.25, 0.3) is 0 Å². The zero-order chi connectivity index (χ0) is 16.4. The standard InChI is InChI=1S/C20H24N2OS/c23-20(22-11-8-19-17(15-22)9-12-24-19)18-7-4-10-21(14-18)13-16-5-2-1-3-6-16/h1-3,5-6,9,12,18H,4,7-8,10-11,13-15H2/t18-/m0/s1. The maximum Gasteiger partial charge on any atom is 0.227 e. The molecule has 4 heteroatoms. The smallest absolute Gasteiger partial charge is 0.227 e. The number of carbonyl (C=O) groups excluding carboxylic acids is 1. The third kappa shape index (κ3) is 3.40. The van der Waals surface area contributed by atoms with E-state index in [0.29, 0.717) is 5.91 Å². The zero-order valence-corrected chi connectivity index (χ0v) is 14.8. The molecular weight excluding hydrogens is 316 g/mol. The van der Waals surface area contributed by atoms with Crippen LogP contribution in [-0.4, -0.2) is 35.3 Å². The molecule has 2 aliphatic rings. The van der Waals surface area contributed by atoms with Gasteiger partial charge >= 0.3 is 0 Å². The average Bonchev–Trinajstić information content (AvgIpc) is 3.10. The number of likely N-dealkylation sites (tertiary alicyclic amines) is 1. The summed E-state index contributed by atoms with van der Waals surface area (Å²) in [5.41, 5.74) is 2.70. The fraction of sp³-hybridized carbons (Fsp3) is 0.450. The highest BCUT2D eigenvalue weighted by molar-refractivity contribution is 7.10. The lowest BCUT2D eigenvalue weighted by Crippen LogP contribution is -2.45. The van der Waals surface area contributed by atoms with E-state index in [1.54, 1.807) is 0 Å². The van der Waals surface area contributed by atoms with Crippen molar-refractivity contribution in [3.8, 4) is 0 Å². The summed E-state index contributed by atoms with van der Waals surface area (Å²) in [5.74, 6) is 0.534. The van der Waals surface area contributed by atoms with Gasteiger partial charge < -0.3 is 4.90 Å². The number of thiophene rings is 1. The molecule has 0 N–H and O–H groups in total. The van der Waals surface area contributed by atoms with Gasteiger partial charge in [0.15, 0.2) is 0 Å². The van der Waals surface area contributed by atoms with E-state index < -0.39 is 0 Å². The highest BCUT2D eigenvalue weighted by Gasteiger charge is 2.31. The largest absolute Gasteiger partial charge is 0.338 e. The molecule has 3 nitrogen and oxygen atoms in total. The molecule has 0 unspecified atom stereocenters. The summed E-state index contributed by atoms with van der Waals surface area (Å²) in [6.07, 6.45) is 3.19. The number of fused-ring (bicyclic) bond motifs is 1. The minimum Gasteiger partial charge on any atom is -0.338 e. The van der Waals surface area contributed by atoms with Crippen LogP contribution in [0.15, 0.2) is 41.8 Å². The molecule has 4 rings (SSSR count). The molecule has 0 radical (unpaired) electrons. The molecule has 2 aromatic rings. The lowest BCUT2D eigenvalue weighted by Gasteiger charge is -2.36. The minimum atomic E-state index is 0.169. The van der Waals surface area contributed by atoms with Crippen LogP contribution in [0.2, 0.25) is 0 Å². The van der Waals surface area contributed by atoms with Crippen LogP contribution in [0.4, 0.5) is 0 Å². The SMILES string of the molecule is O=C([C@H]1CCCN(Cc2ccccc2)C1)N1CCc2sccc2C1. The number of rotatable bonds is 3. The molecule has 1 atom stereocenters. The van der Waals surface area contributed by atoms with E-state index in [-0.39, 0.29) is 5.92 Å². The highest BCUT2D eigenvalue weighted by atomic mass is 32.1. The Labute approximate surface area is 147 Å². The van der Waals surface area contributed by atoms with Crippen molar-refractivity contribution in [3.05, 3.63) is 57.8 Å². The zero-order valence-electron chi connectivity index (χ0n) is 14.0. The summed E-state index contributed by atoms with van der Waals surface area (Å²) < 4.78 is 0. The van der Waals surface area contributed by atoms with Crippen molar-refractivity contribution in [2.24, 2.45) is 5.92 Å². The molecule has 1 saturated heterocycles. The van der Waals surface area contributed by atoms with E-state index in [1.165, 1.54) is 16.0 Å². The molecule has 3 heterocycles. The summed E-state index contributed by atoms with van der Waals surface area (Å²) in [4.78, 5) is 19.0. The number of hydrogen-bond acceptors (Lipinski definition) is 3. The predicted molar refractivity (Wildman–Crippen MR) is 97.9 cm³/mol. The van der Waals surface area contributed by atoms with Gasteiger partial charge in [0.1, 0.15) is 0 Å². The second kappa shape index (κ2) is 7.08. The number of amides is 1. The van der Waals surface area contributed by atoms with Crippen LogP contribution in [0.1, 0.15) is 28.8 Å². The Morgan fingerprint density at radius 3 is 2.92 bits per heavy atom. The summed E-state index contributed by atoms with van der Waals surface area (Å²) >= 11 is 1.83. The Morgan fingerprint density at radius 2 is 2.04 bits per heavy atom. The fourth-order valence-corrected chi connectivity index (χ4v) is 4.83. The average molecular weight is 340 g/mol. The molecule has 0 spiro atoms. The number of nitrogens with zero attached hydrogens (tertiary/aromatic N) is 2. The molecule has 1 fully saturated rings. The van der Waals surface area contributed by atoms with E-state index in [0.717, 1.165) is 52.0 Å². The van der Waals surface area contributed by atoms with Crippen LogP contribution in [0.3, 0.4) is 0 Å². The quantitative estimate of drug-likeness (QED) is 0.853. The summed E-state index contributed by atoms with van der Waals surface area (Å²) in [7, 11) is 0. The molecule has 0 bridgehead atoms. The Bertz CT molecular complexity index is 697. The van der Waals surface area contributed by atoms with Crippen LogP contribution < -0.4 is 0 Å². The van der Waals surface area contributed by atoms with Gasteiger partial charge in [-0.3, -0.25) is 9.69 Å². The van der Waals surface area contributed by atoms with Crippen LogP contribution in [0, 0.1) is 5.92 Å². The first-order chi connectivity index (χ1) is 11.8. The number of piperidine rings is 1. The second-order valence-corrected chi connectivity index (χ2v) is 7.94. The molecule has 0 saturated carbocycles. The third-order valence-electron chi connectivity index (χ3n) is 5.22. The van der Waals surface area contributed by atoms with E-state index in [2.05, 4.69) is 51.6 Å². The summed E-state index contributed by atoms with van der Waals surface area (Å²) in [5, 5.41) is 2.15. The predicted octanol–water partition coefficient (Wildman–Crippen LogP) is 3.55. The lowest BCUT2D eigenvalue weighted by atomic mass is 9.95. The Kier molecular flexibility index (Phi) is 4.67. The van der Waals surface area contributed by atoms with Crippen LogP contribution in [0.5, 0.6) is 0 Å². The molecule has 1 amide bonds. The van der Waals surface area contributed by atoms with Crippen molar-refractivity contribution in [2.75, 3.05) is 19.6 Å². The molecular formula is C20H24N2OS. The van der Waals surface area contributed by atoms with Gasteiger partial charge in [-0.1, -0.05) is 30.3 Å². The molecule has 1 aromatic heterocycles. The van der Waals surface area contributed by atoms with Gasteiger partial charge in [0.05, 0.1) is 5.92 Å². The molecule has 2 aliphatic heterocycles. The van der Waals surface area contributed by atoms with E-state index in [1.807, 2.05) is 11.3 Å². The van der Waals surface area contributed by atoms with Crippen molar-refractivity contribution >= 4 is 17.2 Å². The number of carbonyl (C=O) groups is 1. The van der Waals surface area contributed by atoms with Gasteiger partial charge in [0, 0.05) is 31.1 Å². The van der Waals surface area contributed by atoms with Gasteiger partial charge in [-0.2, -0.15) is 0 Å². The first-order valence-electron chi connectivity index (χ1n) is 8.90. The van der Waals surface area contributed by atoms with Crippen LogP contribution in [0.25, 0.3) is 0 Å². The summed E-state index contributed by atoms with van der Waals surface area (Å²) in [6.45, 7) is 4.67. The maximum atomic E-state index is 13.0. The summed E-state index contributed by atoms with van der Waals surface area (Å²) in [6, 6.07) is 12.8. The van der Waals surface area contributed by atoms with E-state index >= 15 is 0 Å². The molecule has 0 aliphatic carbocycles. The van der Waals surface area contributed by atoms with E-state index in [9.17, 15) is 4.79 Å². The minimum absolute atomic E-state index is 0.169. The third-order valence-corrected chi connectivity index (χ3v) is 6.25. The van der Waals surface area contributed by atoms with Gasteiger partial charge in [-0.05, 0) is 48.4 Å². The monoisotopic (exact) mass is 340 g/mol. The fourth-order valence-electron chi connectivity index (χ4n) is 3.94. The number of benzene rings is 1. The lowest BCUT2D eigenvalue weighted by molar-refractivity contribution is -0.138. The molecule has 1 aromatic carbocycles. The van der Waals surface area contributed by atoms with Crippen LogP contribution >= 0.6 is 11.3 Å². The maximum absolute atomic E-state index is 13.0. The van der Waals surface area contributed by atoms with Gasteiger partial charge in [-0.15, -0.1) is 11.3 Å². The number of hydrogen-bond donors (Lipinski definition) is 0. The first kappa shape index (κ1) is 15.9. The van der Waals surface area contributed by atoms with Crippen molar-refractivity contribution in [1.29, 1.82) is 0 Å². The first-order valence-corrected chi connectivity index (χ1v) is 9.78. The Morgan fingerprint density at radius 1 is 1.17 bits per heavy atom. The Balaban J connectivity index is 1.38. The van der Waals surface area contributed by atoms with Gasteiger partial charge in [0.2, 0.25) is 5.91 Å². The Hall–Kier alpha value is -1.65. The topological polar surface area (TPSA) is 23.6 Å². The van der Waals surface area contributed by atoms with Crippen molar-refractivity contribution in [3.63, 3.8) is 0 Å². The highest BCUT2D eigenvalue weighted by Crippen LogP contribution is 2.27. The normalized spacial score (nSPS) is 21.5. The van der Waals surface area contributed by atoms with Crippen molar-refractivity contribution in [2.45, 2.75) is 32.4 Å². The van der Waals surface area contributed by atoms with Gasteiger partial charge in [-0.25, -0.2) is 0 Å². The van der Waals surface area contributed by atoms with Crippen LogP contribution in [-0.2, 0) is 24.3 Å². The second-order valence-electron chi connectivity index (χ2n) is 6.94.